The fourth-order valence-electron chi connectivity index (χ4n) is 3.80. The highest BCUT2D eigenvalue weighted by Crippen LogP contribution is 2.49. The van der Waals surface area contributed by atoms with Gasteiger partial charge in [-0.2, -0.15) is 0 Å². The Bertz CT molecular complexity index is 477. The maximum absolute atomic E-state index is 12.3. The second kappa shape index (κ2) is 4.45. The minimum atomic E-state index is -3.24. The third-order valence-electron chi connectivity index (χ3n) is 5.07. The fraction of sp³-hybridized carbons (Fsp3) is 0.923. The van der Waals surface area contributed by atoms with Crippen molar-refractivity contribution < 1.29 is 18.3 Å². The van der Waals surface area contributed by atoms with Gasteiger partial charge >= 0.3 is 5.97 Å². The zero-order chi connectivity index (χ0) is 13.7. The van der Waals surface area contributed by atoms with Crippen molar-refractivity contribution in [1.29, 1.82) is 0 Å². The molecule has 6 heteroatoms. The first-order valence-electron chi connectivity index (χ1n) is 7.17. The fourth-order valence-corrected chi connectivity index (χ4v) is 5.74. The highest BCUT2D eigenvalue weighted by atomic mass is 32.2. The minimum Gasteiger partial charge on any atom is -0.481 e. The lowest BCUT2D eigenvalue weighted by Gasteiger charge is -2.36. The van der Waals surface area contributed by atoms with Crippen LogP contribution < -0.4 is 0 Å². The minimum absolute atomic E-state index is 0.189. The number of aliphatic carboxylic acids is 1. The van der Waals surface area contributed by atoms with Crippen LogP contribution in [0.4, 0.5) is 0 Å². The van der Waals surface area contributed by atoms with Crippen LogP contribution >= 0.6 is 0 Å². The van der Waals surface area contributed by atoms with Crippen molar-refractivity contribution in [3.8, 4) is 0 Å². The summed E-state index contributed by atoms with van der Waals surface area (Å²) in [5.41, 5.74) is -0.300. The van der Waals surface area contributed by atoms with Crippen molar-refractivity contribution in [2.75, 3.05) is 13.1 Å². The van der Waals surface area contributed by atoms with Crippen LogP contribution in [0.2, 0.25) is 0 Å². The molecule has 0 aromatic rings. The molecule has 3 aliphatic rings. The molecule has 1 spiro atoms. The summed E-state index contributed by atoms with van der Waals surface area (Å²) in [6.07, 6.45) is 6.40. The summed E-state index contributed by atoms with van der Waals surface area (Å²) >= 11 is 0. The molecule has 0 unspecified atom stereocenters. The first-order valence-corrected chi connectivity index (χ1v) is 8.68. The maximum Gasteiger partial charge on any atom is 0.308 e. The van der Waals surface area contributed by atoms with Gasteiger partial charge in [-0.1, -0.05) is 19.3 Å². The van der Waals surface area contributed by atoms with Gasteiger partial charge in [0.05, 0.1) is 11.2 Å². The Kier molecular flexibility index (Phi) is 3.13. The molecular weight excluding hydrogens is 266 g/mol. The number of carboxylic acids is 1. The van der Waals surface area contributed by atoms with Gasteiger partial charge in [0.1, 0.15) is 0 Å². The Labute approximate surface area is 114 Å². The van der Waals surface area contributed by atoms with Crippen LogP contribution in [-0.2, 0) is 14.8 Å². The van der Waals surface area contributed by atoms with Gasteiger partial charge in [-0.25, -0.2) is 12.7 Å². The Balaban J connectivity index is 1.86. The zero-order valence-corrected chi connectivity index (χ0v) is 11.9. The third kappa shape index (κ3) is 2.18. The molecule has 2 aliphatic carbocycles. The predicted molar refractivity (Wildman–Crippen MR) is 70.2 cm³/mol. The Morgan fingerprint density at radius 1 is 1.16 bits per heavy atom. The Morgan fingerprint density at radius 3 is 2.32 bits per heavy atom. The van der Waals surface area contributed by atoms with Gasteiger partial charge in [-0.3, -0.25) is 4.79 Å². The SMILES string of the molecule is O=C(O)[C@H]1CN(S(=O)(=O)C2CC2)CC12CCCCC2. The lowest BCUT2D eigenvalue weighted by molar-refractivity contribution is -0.145. The van der Waals surface area contributed by atoms with Crippen LogP contribution in [0.1, 0.15) is 44.9 Å². The van der Waals surface area contributed by atoms with E-state index >= 15 is 0 Å². The molecule has 5 nitrogen and oxygen atoms in total. The van der Waals surface area contributed by atoms with E-state index in [1.165, 1.54) is 4.31 Å². The number of hydrogen-bond donors (Lipinski definition) is 1. The van der Waals surface area contributed by atoms with Crippen molar-refractivity contribution in [2.24, 2.45) is 11.3 Å². The van der Waals surface area contributed by atoms with Crippen LogP contribution in [0.3, 0.4) is 0 Å². The third-order valence-corrected chi connectivity index (χ3v) is 7.38. The maximum atomic E-state index is 12.3. The van der Waals surface area contributed by atoms with Crippen molar-refractivity contribution in [1.82, 2.24) is 4.31 Å². The smallest absolute Gasteiger partial charge is 0.308 e. The monoisotopic (exact) mass is 287 g/mol. The number of nitrogens with zero attached hydrogens (tertiary/aromatic N) is 1. The summed E-state index contributed by atoms with van der Waals surface area (Å²) < 4.78 is 26.1. The average Bonchev–Trinajstić information content (AvgIpc) is 3.15. The molecule has 0 bridgehead atoms. The van der Waals surface area contributed by atoms with Crippen molar-refractivity contribution >= 4 is 16.0 Å². The zero-order valence-electron chi connectivity index (χ0n) is 11.0. The average molecular weight is 287 g/mol. The van der Waals surface area contributed by atoms with E-state index < -0.39 is 21.9 Å². The first kappa shape index (κ1) is 13.4. The van der Waals surface area contributed by atoms with E-state index in [2.05, 4.69) is 0 Å². The molecule has 3 rings (SSSR count). The topological polar surface area (TPSA) is 74.7 Å². The van der Waals surface area contributed by atoms with Gasteiger partial charge in [0, 0.05) is 13.1 Å². The van der Waals surface area contributed by atoms with E-state index in [-0.39, 0.29) is 17.2 Å². The number of carbonyl (C=O) groups is 1. The van der Waals surface area contributed by atoms with Gasteiger partial charge < -0.3 is 5.11 Å². The second-order valence-corrected chi connectivity index (χ2v) is 8.56. The predicted octanol–water partition coefficient (Wildman–Crippen LogP) is 1.45. The highest BCUT2D eigenvalue weighted by molar-refractivity contribution is 7.90. The van der Waals surface area contributed by atoms with Gasteiger partial charge in [-0.15, -0.1) is 0 Å². The quantitative estimate of drug-likeness (QED) is 0.852. The Hall–Kier alpha value is -0.620. The van der Waals surface area contributed by atoms with Gasteiger partial charge in [-0.05, 0) is 31.1 Å². The summed E-state index contributed by atoms with van der Waals surface area (Å²) in [6.45, 7) is 0.622. The molecule has 1 aliphatic heterocycles. The summed E-state index contributed by atoms with van der Waals surface area (Å²) in [6, 6.07) is 0. The molecule has 1 atom stereocenters. The van der Waals surface area contributed by atoms with Crippen LogP contribution in [0.15, 0.2) is 0 Å². The Morgan fingerprint density at radius 2 is 1.79 bits per heavy atom. The summed E-state index contributed by atoms with van der Waals surface area (Å²) in [4.78, 5) is 11.5. The van der Waals surface area contributed by atoms with E-state index in [1.54, 1.807) is 0 Å². The van der Waals surface area contributed by atoms with Gasteiger partial charge in [0.15, 0.2) is 0 Å². The molecule has 1 heterocycles. The van der Waals surface area contributed by atoms with E-state index in [1.807, 2.05) is 0 Å². The number of carboxylic acid groups (broad SMARTS) is 1. The van der Waals surface area contributed by atoms with Gasteiger partial charge in [0.2, 0.25) is 10.0 Å². The standard InChI is InChI=1S/C13H21NO4S/c15-12(16)11-8-14(19(17,18)10-4-5-10)9-13(11)6-2-1-3-7-13/h10-11H,1-9H2,(H,15,16)/t11-/m1/s1. The summed E-state index contributed by atoms with van der Waals surface area (Å²) in [5, 5.41) is 9.21. The van der Waals surface area contributed by atoms with E-state index in [4.69, 9.17) is 0 Å². The number of sulfonamides is 1. The molecule has 2 saturated carbocycles. The first-order chi connectivity index (χ1) is 8.96. The number of hydrogen-bond acceptors (Lipinski definition) is 3. The van der Waals surface area contributed by atoms with Crippen molar-refractivity contribution in [3.05, 3.63) is 0 Å². The molecule has 0 amide bonds. The lowest BCUT2D eigenvalue weighted by atomic mass is 9.68. The molecule has 1 saturated heterocycles. The number of rotatable bonds is 3. The van der Waals surface area contributed by atoms with Crippen LogP contribution in [0.5, 0.6) is 0 Å². The van der Waals surface area contributed by atoms with Crippen LogP contribution in [0.25, 0.3) is 0 Å². The van der Waals surface area contributed by atoms with Crippen LogP contribution in [-0.4, -0.2) is 42.1 Å². The molecular formula is C13H21NO4S. The molecule has 19 heavy (non-hydrogen) atoms. The second-order valence-electron chi connectivity index (χ2n) is 6.35. The lowest BCUT2D eigenvalue weighted by Crippen LogP contribution is -2.37. The van der Waals surface area contributed by atoms with E-state index in [0.717, 1.165) is 44.9 Å². The molecule has 3 fully saturated rings. The van der Waals surface area contributed by atoms with Crippen molar-refractivity contribution in [2.45, 2.75) is 50.2 Å². The summed E-state index contributed by atoms with van der Waals surface area (Å²) in [7, 11) is -3.24. The summed E-state index contributed by atoms with van der Waals surface area (Å²) in [5.74, 6) is -1.34. The molecule has 1 N–H and O–H groups in total. The molecule has 0 aromatic heterocycles. The van der Waals surface area contributed by atoms with E-state index in [0.29, 0.717) is 6.54 Å². The van der Waals surface area contributed by atoms with Crippen molar-refractivity contribution in [3.63, 3.8) is 0 Å². The normalized spacial score (nSPS) is 31.7. The van der Waals surface area contributed by atoms with E-state index in [9.17, 15) is 18.3 Å². The molecule has 108 valence electrons. The van der Waals surface area contributed by atoms with Crippen LogP contribution in [0, 0.1) is 11.3 Å². The molecule has 0 radical (unpaired) electrons. The largest absolute Gasteiger partial charge is 0.481 e. The highest BCUT2D eigenvalue weighted by Gasteiger charge is 2.55. The molecule has 0 aromatic carbocycles. The van der Waals surface area contributed by atoms with Gasteiger partial charge in [0.25, 0.3) is 0 Å².